The molecular formula is C19H25N3O4S. The Hall–Kier alpha value is -2.42. The predicted molar refractivity (Wildman–Crippen MR) is 105 cm³/mol. The van der Waals surface area contributed by atoms with E-state index in [2.05, 4.69) is 11.4 Å². The van der Waals surface area contributed by atoms with E-state index in [9.17, 15) is 13.2 Å². The van der Waals surface area contributed by atoms with Gasteiger partial charge >= 0.3 is 0 Å². The molecule has 0 aliphatic rings. The number of anilines is 1. The zero-order valence-corrected chi connectivity index (χ0v) is 16.5. The molecule has 2 aromatic rings. The fourth-order valence-corrected chi connectivity index (χ4v) is 3.10. The van der Waals surface area contributed by atoms with E-state index < -0.39 is 10.0 Å². The maximum absolute atomic E-state index is 12.1. The fourth-order valence-electron chi connectivity index (χ4n) is 2.59. The van der Waals surface area contributed by atoms with Crippen molar-refractivity contribution in [1.82, 2.24) is 4.90 Å². The molecule has 0 unspecified atom stereocenters. The number of carbonyl (C=O) groups excluding carboxylic acids is 1. The predicted octanol–water partition coefficient (Wildman–Crippen LogP) is 1.90. The minimum absolute atomic E-state index is 0.00107. The summed E-state index contributed by atoms with van der Waals surface area (Å²) in [6, 6.07) is 11.7. The minimum Gasteiger partial charge on any atom is -0.492 e. The quantitative estimate of drug-likeness (QED) is 0.716. The molecule has 0 saturated carbocycles. The number of hydrogen-bond donors (Lipinski definition) is 2. The Morgan fingerprint density at radius 1 is 1.11 bits per heavy atom. The smallest absolute Gasteiger partial charge is 0.238 e. The maximum Gasteiger partial charge on any atom is 0.238 e. The topological polar surface area (TPSA) is 102 Å². The first-order chi connectivity index (χ1) is 12.6. The highest BCUT2D eigenvalue weighted by Gasteiger charge is 2.10. The summed E-state index contributed by atoms with van der Waals surface area (Å²) < 4.78 is 28.2. The van der Waals surface area contributed by atoms with Crippen LogP contribution < -0.4 is 15.2 Å². The number of likely N-dealkylation sites (N-methyl/N-ethyl adjacent to an activating group) is 1. The van der Waals surface area contributed by atoms with Crippen LogP contribution in [0.4, 0.5) is 5.69 Å². The summed E-state index contributed by atoms with van der Waals surface area (Å²) >= 11 is 0. The van der Waals surface area contributed by atoms with E-state index >= 15 is 0 Å². The van der Waals surface area contributed by atoms with Crippen molar-refractivity contribution in [2.45, 2.75) is 18.7 Å². The molecule has 0 atom stereocenters. The van der Waals surface area contributed by atoms with Crippen LogP contribution in [-0.2, 0) is 14.8 Å². The maximum atomic E-state index is 12.1. The van der Waals surface area contributed by atoms with Gasteiger partial charge in [-0.25, -0.2) is 13.6 Å². The zero-order chi connectivity index (χ0) is 20.0. The van der Waals surface area contributed by atoms with Crippen molar-refractivity contribution in [2.75, 3.05) is 32.1 Å². The van der Waals surface area contributed by atoms with Crippen molar-refractivity contribution in [3.8, 4) is 5.75 Å². The van der Waals surface area contributed by atoms with E-state index in [1.54, 1.807) is 0 Å². The lowest BCUT2D eigenvalue weighted by molar-refractivity contribution is -0.117. The number of amides is 1. The monoisotopic (exact) mass is 391 g/mol. The van der Waals surface area contributed by atoms with Gasteiger partial charge in [0.05, 0.1) is 11.4 Å². The first kappa shape index (κ1) is 20.9. The molecule has 27 heavy (non-hydrogen) atoms. The number of rotatable bonds is 8. The molecule has 146 valence electrons. The van der Waals surface area contributed by atoms with E-state index in [4.69, 9.17) is 9.88 Å². The van der Waals surface area contributed by atoms with Crippen LogP contribution in [0.15, 0.2) is 47.4 Å². The number of benzene rings is 2. The lowest BCUT2D eigenvalue weighted by Gasteiger charge is -2.17. The lowest BCUT2D eigenvalue weighted by Crippen LogP contribution is -2.33. The molecule has 0 fully saturated rings. The normalized spacial score (nSPS) is 11.4. The molecule has 0 spiro atoms. The molecule has 7 nitrogen and oxygen atoms in total. The van der Waals surface area contributed by atoms with Crippen molar-refractivity contribution < 1.29 is 17.9 Å². The number of primary sulfonamides is 1. The van der Waals surface area contributed by atoms with Crippen molar-refractivity contribution in [2.24, 2.45) is 5.14 Å². The Kier molecular flexibility index (Phi) is 6.95. The summed E-state index contributed by atoms with van der Waals surface area (Å²) in [7, 11) is -1.91. The number of carbonyl (C=O) groups is 1. The van der Waals surface area contributed by atoms with Crippen LogP contribution in [-0.4, -0.2) is 46.0 Å². The van der Waals surface area contributed by atoms with E-state index in [1.165, 1.54) is 24.3 Å². The van der Waals surface area contributed by atoms with Gasteiger partial charge < -0.3 is 10.1 Å². The van der Waals surface area contributed by atoms with Gasteiger partial charge in [0.15, 0.2) is 0 Å². The fraction of sp³-hybridized carbons (Fsp3) is 0.316. The minimum atomic E-state index is -3.74. The van der Waals surface area contributed by atoms with E-state index in [-0.39, 0.29) is 17.3 Å². The van der Waals surface area contributed by atoms with Crippen LogP contribution in [0, 0.1) is 13.8 Å². The van der Waals surface area contributed by atoms with Crippen LogP contribution in [0.1, 0.15) is 11.1 Å². The number of hydrogen-bond acceptors (Lipinski definition) is 5. The van der Waals surface area contributed by atoms with Crippen LogP contribution in [0.5, 0.6) is 5.75 Å². The third kappa shape index (κ3) is 7.01. The average molecular weight is 391 g/mol. The second-order valence-corrected chi connectivity index (χ2v) is 8.09. The van der Waals surface area contributed by atoms with Crippen molar-refractivity contribution in [3.63, 3.8) is 0 Å². The first-order valence-electron chi connectivity index (χ1n) is 8.46. The van der Waals surface area contributed by atoms with E-state index in [1.807, 2.05) is 37.9 Å². The van der Waals surface area contributed by atoms with Gasteiger partial charge in [-0.3, -0.25) is 9.69 Å². The summed E-state index contributed by atoms with van der Waals surface area (Å²) in [5, 5.41) is 7.76. The number of ether oxygens (including phenoxy) is 1. The molecule has 0 saturated heterocycles. The van der Waals surface area contributed by atoms with Gasteiger partial charge in [-0.1, -0.05) is 6.07 Å². The zero-order valence-electron chi connectivity index (χ0n) is 15.7. The van der Waals surface area contributed by atoms with E-state index in [0.717, 1.165) is 16.9 Å². The highest BCUT2D eigenvalue weighted by molar-refractivity contribution is 7.89. The molecule has 2 rings (SSSR count). The summed E-state index contributed by atoms with van der Waals surface area (Å²) in [6.07, 6.45) is 0. The summed E-state index contributed by atoms with van der Waals surface area (Å²) in [4.78, 5) is 13.9. The van der Waals surface area contributed by atoms with Gasteiger partial charge in [0, 0.05) is 12.2 Å². The molecule has 2 aromatic carbocycles. The Labute approximate surface area is 160 Å². The van der Waals surface area contributed by atoms with E-state index in [0.29, 0.717) is 18.8 Å². The second kappa shape index (κ2) is 8.98. The van der Waals surface area contributed by atoms with Gasteiger partial charge in [0.25, 0.3) is 0 Å². The highest BCUT2D eigenvalue weighted by atomic mass is 32.2. The Morgan fingerprint density at radius 3 is 2.26 bits per heavy atom. The van der Waals surface area contributed by atoms with Gasteiger partial charge in [0.2, 0.25) is 15.9 Å². The Morgan fingerprint density at radius 2 is 1.70 bits per heavy atom. The average Bonchev–Trinajstić information content (AvgIpc) is 2.53. The molecule has 0 bridgehead atoms. The summed E-state index contributed by atoms with van der Waals surface area (Å²) in [5.41, 5.74) is 2.80. The number of nitrogens with two attached hydrogens (primary N) is 1. The Balaban J connectivity index is 1.78. The van der Waals surface area contributed by atoms with Gasteiger partial charge in [-0.15, -0.1) is 0 Å². The molecule has 0 aliphatic heterocycles. The summed E-state index contributed by atoms with van der Waals surface area (Å²) in [5.74, 6) is 0.618. The highest BCUT2D eigenvalue weighted by Crippen LogP contribution is 2.16. The molecule has 0 heterocycles. The summed E-state index contributed by atoms with van der Waals surface area (Å²) in [6.45, 7) is 5.28. The van der Waals surface area contributed by atoms with Gasteiger partial charge in [0.1, 0.15) is 12.4 Å². The van der Waals surface area contributed by atoms with Gasteiger partial charge in [-0.05, 0) is 68.4 Å². The number of aryl methyl sites for hydroxylation is 2. The second-order valence-electron chi connectivity index (χ2n) is 6.53. The number of nitrogens with one attached hydrogen (secondary N) is 1. The molecule has 8 heteroatoms. The van der Waals surface area contributed by atoms with Crippen molar-refractivity contribution in [3.05, 3.63) is 53.6 Å². The molecule has 0 radical (unpaired) electrons. The van der Waals surface area contributed by atoms with Crippen LogP contribution in [0.3, 0.4) is 0 Å². The molecule has 0 aliphatic carbocycles. The SMILES string of the molecule is Cc1cc(C)cc(OCCN(C)CC(=O)Nc2ccc(S(N)(=O)=O)cc2)c1. The third-order valence-corrected chi connectivity index (χ3v) is 4.75. The largest absolute Gasteiger partial charge is 0.492 e. The van der Waals surface area contributed by atoms with Gasteiger partial charge in [-0.2, -0.15) is 0 Å². The van der Waals surface area contributed by atoms with Crippen molar-refractivity contribution >= 4 is 21.6 Å². The molecule has 1 amide bonds. The Bertz CT molecular complexity index is 875. The van der Waals surface area contributed by atoms with Crippen molar-refractivity contribution in [1.29, 1.82) is 0 Å². The van der Waals surface area contributed by atoms with Crippen LogP contribution >= 0.6 is 0 Å². The van der Waals surface area contributed by atoms with Crippen LogP contribution in [0.2, 0.25) is 0 Å². The first-order valence-corrected chi connectivity index (χ1v) is 10.0. The van der Waals surface area contributed by atoms with Crippen LogP contribution in [0.25, 0.3) is 0 Å². The third-order valence-electron chi connectivity index (χ3n) is 3.82. The lowest BCUT2D eigenvalue weighted by atomic mass is 10.1. The standard InChI is InChI=1S/C19H25N3O4S/c1-14-10-15(2)12-17(11-14)26-9-8-22(3)13-19(23)21-16-4-6-18(7-5-16)27(20,24)25/h4-7,10-12H,8-9,13H2,1-3H3,(H,21,23)(H2,20,24,25). The number of sulfonamides is 1. The number of nitrogens with zero attached hydrogens (tertiary/aromatic N) is 1. The molecular weight excluding hydrogens is 366 g/mol. The molecule has 0 aromatic heterocycles. The molecule has 3 N–H and O–H groups in total.